The third-order valence-corrected chi connectivity index (χ3v) is 7.95. The summed E-state index contributed by atoms with van der Waals surface area (Å²) >= 11 is 5.87. The number of hydrogen-bond acceptors (Lipinski definition) is 6. The van der Waals surface area contributed by atoms with Crippen molar-refractivity contribution in [2.45, 2.75) is 44.2 Å². The number of carbonyl (C=O) groups excluding carboxylic acids is 3. The molecule has 1 saturated carbocycles. The predicted octanol–water partition coefficient (Wildman–Crippen LogP) is 3.88. The van der Waals surface area contributed by atoms with Crippen molar-refractivity contribution in [1.82, 2.24) is 15.2 Å². The first-order valence-electron chi connectivity index (χ1n) is 14.1. The van der Waals surface area contributed by atoms with E-state index < -0.39 is 0 Å². The average molecular weight is 575 g/mol. The van der Waals surface area contributed by atoms with Crippen molar-refractivity contribution in [2.24, 2.45) is 5.73 Å². The zero-order valence-electron chi connectivity index (χ0n) is 22.9. The summed E-state index contributed by atoms with van der Waals surface area (Å²) in [5.74, 6) is -0.427. The Morgan fingerprint density at radius 2 is 1.61 bits per heavy atom. The lowest BCUT2D eigenvalue weighted by Gasteiger charge is -2.37. The van der Waals surface area contributed by atoms with Gasteiger partial charge < -0.3 is 26.2 Å². The number of amides is 3. The molecule has 5 rings (SSSR count). The van der Waals surface area contributed by atoms with Gasteiger partial charge in [0.1, 0.15) is 5.15 Å². The number of halogens is 1. The van der Waals surface area contributed by atoms with E-state index >= 15 is 0 Å². The summed E-state index contributed by atoms with van der Waals surface area (Å²) in [4.78, 5) is 47.1. The van der Waals surface area contributed by atoms with Crippen LogP contribution in [0, 0.1) is 0 Å². The minimum Gasteiger partial charge on any atom is -0.366 e. The normalized spacial score (nSPS) is 19.0. The van der Waals surface area contributed by atoms with Crippen molar-refractivity contribution >= 4 is 40.7 Å². The third-order valence-electron chi connectivity index (χ3n) is 7.73. The number of nitrogens with two attached hydrogens (primary N) is 1. The molecule has 4 N–H and O–H groups in total. The van der Waals surface area contributed by atoms with Gasteiger partial charge in [0.25, 0.3) is 11.8 Å². The number of piperazine rings is 1. The number of nitrogens with one attached hydrogen (secondary N) is 2. The highest BCUT2D eigenvalue weighted by Gasteiger charge is 2.26. The van der Waals surface area contributed by atoms with Gasteiger partial charge in [0, 0.05) is 50.0 Å². The van der Waals surface area contributed by atoms with Gasteiger partial charge in [-0.3, -0.25) is 14.4 Å². The largest absolute Gasteiger partial charge is 0.366 e. The van der Waals surface area contributed by atoms with Crippen molar-refractivity contribution < 1.29 is 14.4 Å². The van der Waals surface area contributed by atoms with Crippen LogP contribution in [0.3, 0.4) is 0 Å². The summed E-state index contributed by atoms with van der Waals surface area (Å²) in [7, 11) is 0. The number of pyridine rings is 1. The summed E-state index contributed by atoms with van der Waals surface area (Å²) in [6.45, 7) is 2.15. The number of benzene rings is 2. The number of nitrogens with zero attached hydrogens (tertiary/aromatic N) is 3. The minimum absolute atomic E-state index is 0.0964. The highest BCUT2D eigenvalue weighted by atomic mass is 35.5. The zero-order chi connectivity index (χ0) is 28.8. The number of carbonyl (C=O) groups is 3. The Kier molecular flexibility index (Phi) is 9.16. The Labute approximate surface area is 245 Å². The second kappa shape index (κ2) is 13.1. The maximum Gasteiger partial charge on any atom is 0.255 e. The molecular weight excluding hydrogens is 540 g/mol. The van der Waals surface area contributed by atoms with Gasteiger partial charge in [0.05, 0.1) is 23.4 Å². The second-order valence-electron chi connectivity index (χ2n) is 10.7. The standard InChI is InChI=1S/C31H35ClN6O3/c32-28-13-7-23(20-34-28)31(41)38-16-14-37(15-17-38)27-12-6-22(30(40)35-25-10-8-24(33)9-11-25)19-26(27)36-29(39)18-21-4-2-1-3-5-21/h1-7,12-13,19-20,24-25H,8-11,14-18,33H2,(H,35,40)(H,36,39). The van der Waals surface area contributed by atoms with Crippen LogP contribution in [0.25, 0.3) is 0 Å². The van der Waals surface area contributed by atoms with E-state index in [2.05, 4.69) is 20.5 Å². The molecule has 41 heavy (non-hydrogen) atoms. The predicted molar refractivity (Wildman–Crippen MR) is 160 cm³/mol. The van der Waals surface area contributed by atoms with Crippen molar-refractivity contribution in [1.29, 1.82) is 0 Å². The lowest BCUT2D eigenvalue weighted by Crippen LogP contribution is -2.49. The van der Waals surface area contributed by atoms with E-state index in [0.717, 1.165) is 36.9 Å². The van der Waals surface area contributed by atoms with Crippen LogP contribution in [0.15, 0.2) is 66.9 Å². The molecule has 2 fully saturated rings. The molecule has 2 heterocycles. The van der Waals surface area contributed by atoms with Crippen molar-refractivity contribution in [3.05, 3.63) is 88.7 Å². The molecule has 10 heteroatoms. The van der Waals surface area contributed by atoms with Crippen LogP contribution in [0.5, 0.6) is 0 Å². The number of aromatic nitrogens is 1. The topological polar surface area (TPSA) is 121 Å². The molecule has 2 aliphatic rings. The van der Waals surface area contributed by atoms with Crippen LogP contribution in [-0.4, -0.2) is 65.9 Å². The molecule has 214 valence electrons. The fourth-order valence-electron chi connectivity index (χ4n) is 5.40. The van der Waals surface area contributed by atoms with E-state index in [1.54, 1.807) is 29.2 Å². The lowest BCUT2D eigenvalue weighted by molar-refractivity contribution is -0.115. The monoisotopic (exact) mass is 574 g/mol. The van der Waals surface area contributed by atoms with Crippen LogP contribution in [-0.2, 0) is 11.2 Å². The van der Waals surface area contributed by atoms with Gasteiger partial charge in [-0.25, -0.2) is 4.98 Å². The smallest absolute Gasteiger partial charge is 0.255 e. The Morgan fingerprint density at radius 3 is 2.29 bits per heavy atom. The highest BCUT2D eigenvalue weighted by molar-refractivity contribution is 6.29. The van der Waals surface area contributed by atoms with Crippen LogP contribution in [0.2, 0.25) is 5.15 Å². The summed E-state index contributed by atoms with van der Waals surface area (Å²) in [6.07, 6.45) is 5.22. The molecule has 1 aliphatic heterocycles. The summed E-state index contributed by atoms with van der Waals surface area (Å²) in [5.41, 5.74) is 9.29. The summed E-state index contributed by atoms with van der Waals surface area (Å²) in [5, 5.41) is 6.52. The van der Waals surface area contributed by atoms with Gasteiger partial charge in [0.15, 0.2) is 0 Å². The minimum atomic E-state index is -0.166. The molecule has 0 unspecified atom stereocenters. The summed E-state index contributed by atoms with van der Waals surface area (Å²) < 4.78 is 0. The Morgan fingerprint density at radius 1 is 0.902 bits per heavy atom. The molecule has 0 atom stereocenters. The van der Waals surface area contributed by atoms with Crippen LogP contribution in [0.1, 0.15) is 52.0 Å². The molecule has 1 aliphatic carbocycles. The first-order chi connectivity index (χ1) is 19.9. The quantitative estimate of drug-likeness (QED) is 0.368. The van der Waals surface area contributed by atoms with Gasteiger partial charge in [-0.1, -0.05) is 41.9 Å². The average Bonchev–Trinajstić information content (AvgIpc) is 2.99. The van der Waals surface area contributed by atoms with Gasteiger partial charge in [-0.05, 0) is 61.6 Å². The molecule has 0 bridgehead atoms. The lowest BCUT2D eigenvalue weighted by atomic mass is 9.91. The van der Waals surface area contributed by atoms with Gasteiger partial charge in [-0.2, -0.15) is 0 Å². The Hall–Kier alpha value is -3.95. The molecular formula is C31H35ClN6O3. The first kappa shape index (κ1) is 28.6. The van der Waals surface area contributed by atoms with Gasteiger partial charge in [0.2, 0.25) is 5.91 Å². The maximum absolute atomic E-state index is 13.2. The zero-order valence-corrected chi connectivity index (χ0v) is 23.6. The molecule has 1 saturated heterocycles. The van der Waals surface area contributed by atoms with E-state index in [-0.39, 0.29) is 36.2 Å². The van der Waals surface area contributed by atoms with E-state index in [9.17, 15) is 14.4 Å². The Bertz CT molecular complexity index is 1370. The molecule has 0 radical (unpaired) electrons. The molecule has 1 aromatic heterocycles. The molecule has 0 spiro atoms. The molecule has 3 amide bonds. The number of anilines is 2. The fraction of sp³-hybridized carbons (Fsp3) is 0.355. The molecule has 2 aromatic carbocycles. The number of rotatable bonds is 7. The third kappa shape index (κ3) is 7.42. The molecule has 3 aromatic rings. The van der Waals surface area contributed by atoms with Gasteiger partial charge in [-0.15, -0.1) is 0 Å². The first-order valence-corrected chi connectivity index (χ1v) is 14.4. The van der Waals surface area contributed by atoms with Crippen molar-refractivity contribution in [3.8, 4) is 0 Å². The van der Waals surface area contributed by atoms with E-state index in [1.807, 2.05) is 36.4 Å². The second-order valence-corrected chi connectivity index (χ2v) is 11.1. The van der Waals surface area contributed by atoms with Crippen molar-refractivity contribution in [2.75, 3.05) is 36.4 Å². The van der Waals surface area contributed by atoms with Crippen LogP contribution in [0.4, 0.5) is 11.4 Å². The maximum atomic E-state index is 13.2. The summed E-state index contributed by atoms with van der Waals surface area (Å²) in [6, 6.07) is 18.5. The van der Waals surface area contributed by atoms with Crippen LogP contribution < -0.4 is 21.3 Å². The fourth-order valence-corrected chi connectivity index (χ4v) is 5.51. The van der Waals surface area contributed by atoms with E-state index in [1.165, 1.54) is 6.20 Å². The number of hydrogen-bond donors (Lipinski definition) is 3. The van der Waals surface area contributed by atoms with Gasteiger partial charge >= 0.3 is 0 Å². The molecule has 9 nitrogen and oxygen atoms in total. The highest BCUT2D eigenvalue weighted by Crippen LogP contribution is 2.29. The Balaban J connectivity index is 1.31. The van der Waals surface area contributed by atoms with Crippen molar-refractivity contribution in [3.63, 3.8) is 0 Å². The van der Waals surface area contributed by atoms with E-state index in [0.29, 0.717) is 48.1 Å². The SMILES string of the molecule is NC1CCC(NC(=O)c2ccc(N3CCN(C(=O)c4ccc(Cl)nc4)CC3)c(NC(=O)Cc3ccccc3)c2)CC1. The van der Waals surface area contributed by atoms with Crippen LogP contribution >= 0.6 is 11.6 Å². The van der Waals surface area contributed by atoms with E-state index in [4.69, 9.17) is 17.3 Å².